The number of amides is 2. The Balaban J connectivity index is 1.69. The van der Waals surface area contributed by atoms with E-state index in [2.05, 4.69) is 5.32 Å². The highest BCUT2D eigenvalue weighted by atomic mass is 32.2. The van der Waals surface area contributed by atoms with Crippen LogP contribution in [0.5, 0.6) is 5.75 Å². The maximum atomic E-state index is 14.1. The van der Waals surface area contributed by atoms with Crippen LogP contribution >= 0.6 is 0 Å². The number of sulfonamides is 1. The van der Waals surface area contributed by atoms with Crippen LogP contribution in [-0.4, -0.2) is 67.7 Å². The van der Waals surface area contributed by atoms with Crippen LogP contribution in [0.15, 0.2) is 71.6 Å². The van der Waals surface area contributed by atoms with Gasteiger partial charge in [0.05, 0.1) is 18.8 Å². The maximum absolute atomic E-state index is 14.1. The molecule has 2 amide bonds. The summed E-state index contributed by atoms with van der Waals surface area (Å²) in [5.74, 6) is -1.30. The molecule has 1 heterocycles. The molecule has 39 heavy (non-hydrogen) atoms. The second-order valence-corrected chi connectivity index (χ2v) is 11.6. The molecule has 8 nitrogen and oxygen atoms in total. The lowest BCUT2D eigenvalue weighted by Gasteiger charge is -2.37. The maximum Gasteiger partial charge on any atom is 0.321 e. The summed E-state index contributed by atoms with van der Waals surface area (Å²) in [4.78, 5) is 14.1. The molecule has 0 saturated heterocycles. The van der Waals surface area contributed by atoms with E-state index in [1.165, 1.54) is 52.7 Å². The first-order chi connectivity index (χ1) is 18.5. The smallest absolute Gasteiger partial charge is 0.321 e. The zero-order valence-electron chi connectivity index (χ0n) is 21.8. The first-order valence-corrected chi connectivity index (χ1v) is 13.9. The molecule has 0 spiro atoms. The van der Waals surface area contributed by atoms with Crippen LogP contribution in [0, 0.1) is 17.6 Å². The number of urea groups is 1. The number of rotatable bonds is 6. The van der Waals surface area contributed by atoms with Crippen molar-refractivity contribution in [2.45, 2.75) is 30.9 Å². The lowest BCUT2D eigenvalue weighted by Crippen LogP contribution is -2.50. The van der Waals surface area contributed by atoms with Crippen molar-refractivity contribution in [2.24, 2.45) is 5.92 Å². The summed E-state index contributed by atoms with van der Waals surface area (Å²) in [6.45, 7) is 3.13. The summed E-state index contributed by atoms with van der Waals surface area (Å²) < 4.78 is 62.4. The average molecular weight is 560 g/mol. The molecule has 11 heteroatoms. The molecule has 3 aromatic carbocycles. The number of hydrogen-bond donors (Lipinski definition) is 2. The predicted octanol–water partition coefficient (Wildman–Crippen LogP) is 4.56. The monoisotopic (exact) mass is 559 g/mol. The van der Waals surface area contributed by atoms with E-state index in [4.69, 9.17) is 4.74 Å². The van der Waals surface area contributed by atoms with Crippen molar-refractivity contribution >= 4 is 21.7 Å². The average Bonchev–Trinajstić information content (AvgIpc) is 2.91. The Morgan fingerprint density at radius 3 is 2.46 bits per heavy atom. The Kier molecular flexibility index (Phi) is 8.53. The molecule has 4 rings (SSSR count). The van der Waals surface area contributed by atoms with Gasteiger partial charge in [-0.3, -0.25) is 0 Å². The molecule has 0 fully saturated rings. The molecule has 0 saturated carbocycles. The molecule has 3 aromatic rings. The fourth-order valence-electron chi connectivity index (χ4n) is 4.39. The molecule has 2 N–H and O–H groups in total. The van der Waals surface area contributed by atoms with Gasteiger partial charge in [0.15, 0.2) is 0 Å². The van der Waals surface area contributed by atoms with Crippen LogP contribution in [0.2, 0.25) is 0 Å². The molecule has 0 bridgehead atoms. The number of ether oxygens (including phenoxy) is 1. The molecule has 1 aliphatic heterocycles. The number of benzene rings is 3. The Hall–Kier alpha value is -3.54. The van der Waals surface area contributed by atoms with Crippen LogP contribution < -0.4 is 10.1 Å². The lowest BCUT2D eigenvalue weighted by molar-refractivity contribution is 0.0830. The number of carbonyl (C=O) groups is 1. The number of anilines is 1. The summed E-state index contributed by atoms with van der Waals surface area (Å²) in [6, 6.07) is 14.9. The third-order valence-electron chi connectivity index (χ3n) is 6.76. The summed E-state index contributed by atoms with van der Waals surface area (Å²) in [7, 11) is -2.52. The van der Waals surface area contributed by atoms with E-state index >= 15 is 0 Å². The van der Waals surface area contributed by atoms with E-state index in [0.29, 0.717) is 11.1 Å². The van der Waals surface area contributed by atoms with Crippen molar-refractivity contribution in [1.29, 1.82) is 0 Å². The number of aliphatic hydroxyl groups is 1. The Labute approximate surface area is 226 Å². The predicted molar refractivity (Wildman–Crippen MR) is 144 cm³/mol. The zero-order chi connectivity index (χ0) is 28.3. The van der Waals surface area contributed by atoms with Crippen LogP contribution in [0.4, 0.5) is 19.3 Å². The van der Waals surface area contributed by atoms with Gasteiger partial charge >= 0.3 is 6.03 Å². The fraction of sp³-hybridized carbons (Fsp3) is 0.321. The number of likely N-dealkylation sites (N-methyl/N-ethyl adjacent to an activating group) is 1. The molecule has 1 aliphatic rings. The summed E-state index contributed by atoms with van der Waals surface area (Å²) >= 11 is 0. The van der Waals surface area contributed by atoms with Gasteiger partial charge in [0.25, 0.3) is 0 Å². The molecule has 0 unspecified atom stereocenters. The second kappa shape index (κ2) is 11.7. The quantitative estimate of drug-likeness (QED) is 0.461. The van der Waals surface area contributed by atoms with Crippen molar-refractivity contribution in [2.75, 3.05) is 32.1 Å². The van der Waals surface area contributed by atoms with E-state index in [0.717, 1.165) is 0 Å². The molecule has 0 aromatic heterocycles. The SMILES string of the molecule is C[C@H](CO)N1C[C@H](C)[C@H](CN(C)C(=O)Nc2ccccc2F)Oc2cc(-c3ccc(F)cc3)ccc2S1(=O)=O. The molecular weight excluding hydrogens is 528 g/mol. The third-order valence-corrected chi connectivity index (χ3v) is 8.78. The summed E-state index contributed by atoms with van der Waals surface area (Å²) in [5.41, 5.74) is 1.31. The van der Waals surface area contributed by atoms with Crippen LogP contribution in [0.3, 0.4) is 0 Å². The minimum absolute atomic E-state index is 0.0318. The second-order valence-electron chi connectivity index (χ2n) is 9.70. The zero-order valence-corrected chi connectivity index (χ0v) is 22.7. The highest BCUT2D eigenvalue weighted by Crippen LogP contribution is 2.36. The van der Waals surface area contributed by atoms with Gasteiger partial charge in [-0.15, -0.1) is 0 Å². The van der Waals surface area contributed by atoms with E-state index < -0.39 is 45.8 Å². The van der Waals surface area contributed by atoms with Crippen molar-refractivity contribution in [3.8, 4) is 16.9 Å². The molecule has 0 aliphatic carbocycles. The minimum atomic E-state index is -4.05. The third kappa shape index (κ3) is 6.21. The molecule has 3 atom stereocenters. The standard InChI is InChI=1S/C28H31F2N3O5S/c1-18-15-33(19(2)17-34)39(36,37)27-13-10-21(20-8-11-22(29)12-9-20)14-25(27)38-26(18)16-32(3)28(35)31-24-7-5-4-6-23(24)30/h4-14,18-19,26,34H,15-17H2,1-3H3,(H,31,35)/t18-,19+,26-/m0/s1. The Morgan fingerprint density at radius 2 is 1.79 bits per heavy atom. The number of nitrogens with one attached hydrogen (secondary N) is 1. The Bertz CT molecular complexity index is 1440. The summed E-state index contributed by atoms with van der Waals surface area (Å²) in [6.07, 6.45) is -0.660. The van der Waals surface area contributed by atoms with Crippen LogP contribution in [-0.2, 0) is 10.0 Å². The normalized spacial score (nSPS) is 19.6. The van der Waals surface area contributed by atoms with E-state index in [1.54, 1.807) is 44.2 Å². The van der Waals surface area contributed by atoms with Gasteiger partial charge in [-0.25, -0.2) is 22.0 Å². The van der Waals surface area contributed by atoms with Gasteiger partial charge in [-0.05, 0) is 54.4 Å². The largest absolute Gasteiger partial charge is 0.487 e. The molecule has 0 radical (unpaired) electrons. The van der Waals surface area contributed by atoms with Gasteiger partial charge in [0, 0.05) is 25.6 Å². The fourth-order valence-corrected chi connectivity index (χ4v) is 6.22. The van der Waals surface area contributed by atoms with Gasteiger partial charge in [0.1, 0.15) is 28.4 Å². The number of fused-ring (bicyclic) bond motifs is 1. The van der Waals surface area contributed by atoms with E-state index in [9.17, 15) is 27.1 Å². The first kappa shape index (κ1) is 28.5. The number of carbonyl (C=O) groups excluding carboxylic acids is 1. The van der Waals surface area contributed by atoms with E-state index in [-0.39, 0.29) is 36.0 Å². The van der Waals surface area contributed by atoms with Crippen molar-refractivity contribution in [3.05, 3.63) is 78.4 Å². The summed E-state index contributed by atoms with van der Waals surface area (Å²) in [5, 5.41) is 12.4. The number of halogens is 2. The molecular formula is C28H31F2N3O5S. The number of nitrogens with zero attached hydrogens (tertiary/aromatic N) is 2. The van der Waals surface area contributed by atoms with Gasteiger partial charge in [0.2, 0.25) is 10.0 Å². The van der Waals surface area contributed by atoms with Gasteiger partial charge < -0.3 is 20.1 Å². The number of hydrogen-bond acceptors (Lipinski definition) is 5. The van der Waals surface area contributed by atoms with Crippen LogP contribution in [0.1, 0.15) is 13.8 Å². The number of aliphatic hydroxyl groups excluding tert-OH is 1. The van der Waals surface area contributed by atoms with Crippen molar-refractivity contribution in [3.63, 3.8) is 0 Å². The topological polar surface area (TPSA) is 99.2 Å². The van der Waals surface area contributed by atoms with Crippen molar-refractivity contribution < 1.29 is 31.8 Å². The number of para-hydroxylation sites is 1. The van der Waals surface area contributed by atoms with Gasteiger partial charge in [-0.2, -0.15) is 4.31 Å². The van der Waals surface area contributed by atoms with Crippen molar-refractivity contribution in [1.82, 2.24) is 9.21 Å². The van der Waals surface area contributed by atoms with E-state index in [1.807, 2.05) is 0 Å². The Morgan fingerprint density at radius 1 is 1.13 bits per heavy atom. The lowest BCUT2D eigenvalue weighted by atomic mass is 10.0. The highest BCUT2D eigenvalue weighted by molar-refractivity contribution is 7.89. The minimum Gasteiger partial charge on any atom is -0.487 e. The first-order valence-electron chi connectivity index (χ1n) is 12.5. The highest BCUT2D eigenvalue weighted by Gasteiger charge is 2.38. The molecule has 208 valence electrons. The van der Waals surface area contributed by atoms with Crippen LogP contribution in [0.25, 0.3) is 11.1 Å². The van der Waals surface area contributed by atoms with Gasteiger partial charge in [-0.1, -0.05) is 37.3 Å².